The molecule has 158 valence electrons. The molecule has 2 fully saturated rings. The zero-order valence-electron chi connectivity index (χ0n) is 17.5. The fourth-order valence-electron chi connectivity index (χ4n) is 4.31. The molecule has 1 aromatic heterocycles. The third-order valence-electron chi connectivity index (χ3n) is 6.01. The highest BCUT2D eigenvalue weighted by atomic mass is 16.5. The molecular weight excluding hydrogens is 378 g/mol. The second-order valence-corrected chi connectivity index (χ2v) is 8.16. The van der Waals surface area contributed by atoms with Crippen molar-refractivity contribution in [3.63, 3.8) is 0 Å². The van der Waals surface area contributed by atoms with Crippen LogP contribution in [-0.4, -0.2) is 54.0 Å². The van der Waals surface area contributed by atoms with Gasteiger partial charge in [-0.05, 0) is 56.9 Å². The predicted molar refractivity (Wildman–Crippen MR) is 115 cm³/mol. The molecule has 0 radical (unpaired) electrons. The van der Waals surface area contributed by atoms with Gasteiger partial charge in [-0.15, -0.1) is 0 Å². The number of nitrogens with zero attached hydrogens (tertiary/aromatic N) is 2. The zero-order valence-corrected chi connectivity index (χ0v) is 17.5. The SMILES string of the molecule is Cc1ccc(C(=O)NCC2CCCO2)c(C2CCN(C(=O)c3ccccc3)CC2)n1. The molecule has 2 amide bonds. The smallest absolute Gasteiger partial charge is 0.253 e. The van der Waals surface area contributed by atoms with Gasteiger partial charge in [0.1, 0.15) is 0 Å². The van der Waals surface area contributed by atoms with E-state index in [9.17, 15) is 9.59 Å². The van der Waals surface area contributed by atoms with Crippen LogP contribution in [0.5, 0.6) is 0 Å². The number of amides is 2. The van der Waals surface area contributed by atoms with Crippen LogP contribution in [0.4, 0.5) is 0 Å². The Hall–Kier alpha value is -2.73. The van der Waals surface area contributed by atoms with Crippen molar-refractivity contribution in [1.82, 2.24) is 15.2 Å². The molecule has 1 atom stereocenters. The van der Waals surface area contributed by atoms with E-state index < -0.39 is 0 Å². The fourth-order valence-corrected chi connectivity index (χ4v) is 4.31. The Labute approximate surface area is 177 Å². The summed E-state index contributed by atoms with van der Waals surface area (Å²) in [5, 5.41) is 3.02. The number of piperidine rings is 1. The fraction of sp³-hybridized carbons (Fsp3) is 0.458. The number of hydrogen-bond donors (Lipinski definition) is 1. The number of nitrogens with one attached hydrogen (secondary N) is 1. The lowest BCUT2D eigenvalue weighted by atomic mass is 9.89. The zero-order chi connectivity index (χ0) is 20.9. The highest BCUT2D eigenvalue weighted by molar-refractivity contribution is 5.96. The number of carbonyl (C=O) groups excluding carboxylic acids is 2. The minimum Gasteiger partial charge on any atom is -0.376 e. The van der Waals surface area contributed by atoms with Crippen molar-refractivity contribution in [2.45, 2.75) is 44.6 Å². The van der Waals surface area contributed by atoms with Crippen molar-refractivity contribution in [3.8, 4) is 0 Å². The summed E-state index contributed by atoms with van der Waals surface area (Å²) >= 11 is 0. The van der Waals surface area contributed by atoms with Crippen LogP contribution in [0.2, 0.25) is 0 Å². The first-order valence-electron chi connectivity index (χ1n) is 10.8. The van der Waals surface area contributed by atoms with Gasteiger partial charge in [0.25, 0.3) is 11.8 Å². The Kier molecular flexibility index (Phi) is 6.43. The van der Waals surface area contributed by atoms with E-state index in [4.69, 9.17) is 9.72 Å². The molecule has 1 aromatic carbocycles. The van der Waals surface area contributed by atoms with Gasteiger partial charge in [-0.1, -0.05) is 18.2 Å². The Balaban J connectivity index is 1.42. The molecule has 0 saturated carbocycles. The standard InChI is InChI=1S/C24H29N3O3/c1-17-9-10-21(23(28)25-16-20-8-5-15-30-20)22(26-17)18-11-13-27(14-12-18)24(29)19-6-3-2-4-7-19/h2-4,6-7,9-10,18,20H,5,8,11-16H2,1H3,(H,25,28). The van der Waals surface area contributed by atoms with Gasteiger partial charge in [-0.25, -0.2) is 0 Å². The predicted octanol–water partition coefficient (Wildman–Crippen LogP) is 3.32. The van der Waals surface area contributed by atoms with E-state index in [0.29, 0.717) is 25.2 Å². The molecule has 3 heterocycles. The summed E-state index contributed by atoms with van der Waals surface area (Å²) in [5.41, 5.74) is 3.13. The van der Waals surface area contributed by atoms with Gasteiger partial charge in [0.2, 0.25) is 0 Å². The highest BCUT2D eigenvalue weighted by Gasteiger charge is 2.28. The van der Waals surface area contributed by atoms with E-state index in [2.05, 4.69) is 5.32 Å². The summed E-state index contributed by atoms with van der Waals surface area (Å²) in [6, 6.07) is 13.2. The lowest BCUT2D eigenvalue weighted by Crippen LogP contribution is -2.39. The van der Waals surface area contributed by atoms with Crippen LogP contribution in [0.3, 0.4) is 0 Å². The first-order chi connectivity index (χ1) is 14.6. The molecule has 4 rings (SSSR count). The molecule has 0 aliphatic carbocycles. The van der Waals surface area contributed by atoms with Crippen LogP contribution in [0.1, 0.15) is 63.7 Å². The van der Waals surface area contributed by atoms with Crippen molar-refractivity contribution in [1.29, 1.82) is 0 Å². The second kappa shape index (κ2) is 9.39. The van der Waals surface area contributed by atoms with Crippen molar-refractivity contribution in [2.75, 3.05) is 26.2 Å². The molecule has 1 N–H and O–H groups in total. The molecule has 30 heavy (non-hydrogen) atoms. The van der Waals surface area contributed by atoms with Gasteiger partial charge >= 0.3 is 0 Å². The third kappa shape index (κ3) is 4.70. The quantitative estimate of drug-likeness (QED) is 0.825. The summed E-state index contributed by atoms with van der Waals surface area (Å²) in [6.07, 6.45) is 3.77. The topological polar surface area (TPSA) is 71.5 Å². The second-order valence-electron chi connectivity index (χ2n) is 8.16. The van der Waals surface area contributed by atoms with E-state index in [1.165, 1.54) is 0 Å². The van der Waals surface area contributed by atoms with Crippen LogP contribution in [0.15, 0.2) is 42.5 Å². The summed E-state index contributed by atoms with van der Waals surface area (Å²) < 4.78 is 5.61. The van der Waals surface area contributed by atoms with Crippen LogP contribution < -0.4 is 5.32 Å². The van der Waals surface area contributed by atoms with Crippen LogP contribution >= 0.6 is 0 Å². The van der Waals surface area contributed by atoms with Crippen LogP contribution in [-0.2, 0) is 4.74 Å². The van der Waals surface area contributed by atoms with Crippen molar-refractivity contribution in [3.05, 3.63) is 65.0 Å². The number of aromatic nitrogens is 1. The number of hydrogen-bond acceptors (Lipinski definition) is 4. The first kappa shape index (κ1) is 20.5. The molecule has 6 heteroatoms. The van der Waals surface area contributed by atoms with Gasteiger partial charge in [0, 0.05) is 43.4 Å². The minimum atomic E-state index is -0.0872. The molecule has 6 nitrogen and oxygen atoms in total. The van der Waals surface area contributed by atoms with Gasteiger partial charge in [-0.3, -0.25) is 14.6 Å². The van der Waals surface area contributed by atoms with E-state index in [0.717, 1.165) is 49.2 Å². The minimum absolute atomic E-state index is 0.0702. The molecule has 2 aromatic rings. The Morgan fingerprint density at radius 2 is 1.87 bits per heavy atom. The molecule has 2 aliphatic heterocycles. The monoisotopic (exact) mass is 407 g/mol. The van der Waals surface area contributed by atoms with E-state index >= 15 is 0 Å². The van der Waals surface area contributed by atoms with Gasteiger partial charge < -0.3 is 15.0 Å². The molecule has 2 saturated heterocycles. The Morgan fingerprint density at radius 1 is 1.10 bits per heavy atom. The molecule has 1 unspecified atom stereocenters. The summed E-state index contributed by atoms with van der Waals surface area (Å²) in [4.78, 5) is 32.2. The Bertz CT molecular complexity index is 886. The number of benzene rings is 1. The maximum atomic E-state index is 12.9. The van der Waals surface area contributed by atoms with Crippen molar-refractivity contribution in [2.24, 2.45) is 0 Å². The summed E-state index contributed by atoms with van der Waals surface area (Å²) in [7, 11) is 0. The number of ether oxygens (including phenoxy) is 1. The van der Waals surface area contributed by atoms with Gasteiger partial charge in [0.05, 0.1) is 17.4 Å². The Morgan fingerprint density at radius 3 is 2.57 bits per heavy atom. The highest BCUT2D eigenvalue weighted by Crippen LogP contribution is 2.30. The molecule has 2 aliphatic rings. The van der Waals surface area contributed by atoms with Crippen molar-refractivity contribution >= 4 is 11.8 Å². The number of rotatable bonds is 5. The lowest BCUT2D eigenvalue weighted by molar-refractivity contribution is 0.0710. The average molecular weight is 408 g/mol. The molecular formula is C24H29N3O3. The van der Waals surface area contributed by atoms with Crippen LogP contribution in [0, 0.1) is 6.92 Å². The maximum Gasteiger partial charge on any atom is 0.253 e. The third-order valence-corrected chi connectivity index (χ3v) is 6.01. The maximum absolute atomic E-state index is 12.9. The van der Waals surface area contributed by atoms with Gasteiger partial charge in [0.15, 0.2) is 0 Å². The van der Waals surface area contributed by atoms with Gasteiger partial charge in [-0.2, -0.15) is 0 Å². The molecule has 0 spiro atoms. The normalized spacial score (nSPS) is 19.6. The largest absolute Gasteiger partial charge is 0.376 e. The first-order valence-corrected chi connectivity index (χ1v) is 10.8. The van der Waals surface area contributed by atoms with E-state index in [1.54, 1.807) is 0 Å². The molecule has 0 bridgehead atoms. The van der Waals surface area contributed by atoms with Crippen LogP contribution in [0.25, 0.3) is 0 Å². The lowest BCUT2D eigenvalue weighted by Gasteiger charge is -2.32. The number of likely N-dealkylation sites (tertiary alicyclic amines) is 1. The average Bonchev–Trinajstić information content (AvgIpc) is 3.31. The number of pyridine rings is 1. The summed E-state index contributed by atoms with van der Waals surface area (Å²) in [5.74, 6) is 0.157. The number of aryl methyl sites for hydroxylation is 1. The van der Waals surface area contributed by atoms with E-state index in [1.807, 2.05) is 54.3 Å². The summed E-state index contributed by atoms with van der Waals surface area (Å²) in [6.45, 7) is 4.61. The number of carbonyl (C=O) groups is 2. The van der Waals surface area contributed by atoms with E-state index in [-0.39, 0.29) is 23.8 Å². The van der Waals surface area contributed by atoms with Crippen molar-refractivity contribution < 1.29 is 14.3 Å².